The van der Waals surface area contributed by atoms with E-state index in [1.807, 2.05) is 24.5 Å². The van der Waals surface area contributed by atoms with Gasteiger partial charge >= 0.3 is 0 Å². The van der Waals surface area contributed by atoms with E-state index in [-0.39, 0.29) is 0 Å². The molecule has 2 heterocycles. The molecule has 0 unspecified atom stereocenters. The summed E-state index contributed by atoms with van der Waals surface area (Å²) in [6, 6.07) is 6.68. The zero-order chi connectivity index (χ0) is 13.6. The third-order valence-electron chi connectivity index (χ3n) is 4.03. The molecule has 2 aromatic heterocycles. The summed E-state index contributed by atoms with van der Waals surface area (Å²) >= 11 is 0. The summed E-state index contributed by atoms with van der Waals surface area (Å²) < 4.78 is 2.32. The fourth-order valence-electron chi connectivity index (χ4n) is 2.95. The van der Waals surface area contributed by atoms with E-state index in [9.17, 15) is 0 Å². The number of aromatic nitrogens is 3. The second kappa shape index (κ2) is 6.55. The van der Waals surface area contributed by atoms with Crippen LogP contribution in [0.1, 0.15) is 43.8 Å². The van der Waals surface area contributed by atoms with Crippen molar-refractivity contribution in [1.29, 1.82) is 0 Å². The van der Waals surface area contributed by atoms with E-state index in [1.54, 1.807) is 0 Å². The Kier molecular flexibility index (Phi) is 4.31. The lowest BCUT2D eigenvalue weighted by Crippen LogP contribution is -2.17. The van der Waals surface area contributed by atoms with Gasteiger partial charge in [-0.2, -0.15) is 0 Å². The van der Waals surface area contributed by atoms with Gasteiger partial charge in [0.2, 0.25) is 5.95 Å². The van der Waals surface area contributed by atoms with Crippen molar-refractivity contribution in [2.45, 2.75) is 44.6 Å². The second-order valence-corrected chi connectivity index (χ2v) is 5.45. The van der Waals surface area contributed by atoms with Crippen LogP contribution in [-0.4, -0.2) is 21.1 Å². The molecule has 4 heteroatoms. The van der Waals surface area contributed by atoms with Gasteiger partial charge in [-0.25, -0.2) is 4.98 Å². The predicted molar refractivity (Wildman–Crippen MR) is 80.8 cm³/mol. The molecule has 1 fully saturated rings. The van der Waals surface area contributed by atoms with Crippen LogP contribution < -0.4 is 5.32 Å². The van der Waals surface area contributed by atoms with E-state index in [0.29, 0.717) is 6.04 Å². The Hall–Kier alpha value is -1.84. The van der Waals surface area contributed by atoms with E-state index in [0.717, 1.165) is 24.6 Å². The Labute approximate surface area is 120 Å². The normalized spacial score (nSPS) is 16.2. The fraction of sp³-hybridized carbons (Fsp3) is 0.500. The molecule has 0 radical (unpaired) electrons. The van der Waals surface area contributed by atoms with Crippen LogP contribution in [0.4, 0.5) is 5.95 Å². The summed E-state index contributed by atoms with van der Waals surface area (Å²) in [7, 11) is 0. The van der Waals surface area contributed by atoms with Gasteiger partial charge in [-0.15, -0.1) is 0 Å². The highest BCUT2D eigenvalue weighted by Crippen LogP contribution is 2.29. The monoisotopic (exact) mass is 270 g/mol. The number of anilines is 1. The Morgan fingerprint density at radius 2 is 2.00 bits per heavy atom. The van der Waals surface area contributed by atoms with Gasteiger partial charge in [-0.1, -0.05) is 25.3 Å². The molecule has 1 N–H and O–H groups in total. The number of pyridine rings is 1. The third kappa shape index (κ3) is 3.18. The van der Waals surface area contributed by atoms with Crippen molar-refractivity contribution in [3.8, 4) is 0 Å². The number of hydrogen-bond acceptors (Lipinski definition) is 3. The standard InChI is InChI=1S/C16H22N4/c1-2-7-15(8-3-1)20-13-12-19-16(20)18-11-9-14-6-4-5-10-17-14/h4-6,10,12-13,15H,1-3,7-9,11H2,(H,18,19). The molecular formula is C16H22N4. The highest BCUT2D eigenvalue weighted by molar-refractivity contribution is 5.27. The highest BCUT2D eigenvalue weighted by Gasteiger charge is 2.17. The molecular weight excluding hydrogens is 248 g/mol. The van der Waals surface area contributed by atoms with Crippen LogP contribution in [-0.2, 0) is 6.42 Å². The highest BCUT2D eigenvalue weighted by atomic mass is 15.2. The van der Waals surface area contributed by atoms with Gasteiger partial charge < -0.3 is 9.88 Å². The smallest absolute Gasteiger partial charge is 0.203 e. The largest absolute Gasteiger partial charge is 0.355 e. The maximum absolute atomic E-state index is 4.45. The average Bonchev–Trinajstić information content (AvgIpc) is 2.98. The van der Waals surface area contributed by atoms with Crippen LogP contribution in [0.2, 0.25) is 0 Å². The Bertz CT molecular complexity index is 514. The Balaban J connectivity index is 1.56. The molecule has 2 aromatic rings. The van der Waals surface area contributed by atoms with Gasteiger partial charge in [0, 0.05) is 43.3 Å². The summed E-state index contributed by atoms with van der Waals surface area (Å²) in [6.45, 7) is 0.876. The maximum Gasteiger partial charge on any atom is 0.203 e. The first-order valence-corrected chi connectivity index (χ1v) is 7.60. The van der Waals surface area contributed by atoms with Crippen molar-refractivity contribution in [2.24, 2.45) is 0 Å². The lowest BCUT2D eigenvalue weighted by molar-refractivity contribution is 0.356. The van der Waals surface area contributed by atoms with Crippen LogP contribution in [0.5, 0.6) is 0 Å². The first kappa shape index (κ1) is 13.2. The predicted octanol–water partition coefficient (Wildman–Crippen LogP) is 3.44. The van der Waals surface area contributed by atoms with Crippen molar-refractivity contribution in [1.82, 2.24) is 14.5 Å². The zero-order valence-electron chi connectivity index (χ0n) is 11.8. The number of nitrogens with zero attached hydrogens (tertiary/aromatic N) is 3. The molecule has 0 saturated heterocycles. The fourth-order valence-corrected chi connectivity index (χ4v) is 2.95. The molecule has 20 heavy (non-hydrogen) atoms. The van der Waals surface area contributed by atoms with Crippen LogP contribution in [0.15, 0.2) is 36.8 Å². The van der Waals surface area contributed by atoms with Gasteiger partial charge in [0.1, 0.15) is 0 Å². The minimum absolute atomic E-state index is 0.628. The second-order valence-electron chi connectivity index (χ2n) is 5.45. The summed E-state index contributed by atoms with van der Waals surface area (Å²) in [5, 5.41) is 3.45. The molecule has 0 atom stereocenters. The Morgan fingerprint density at radius 3 is 2.80 bits per heavy atom. The molecule has 4 nitrogen and oxygen atoms in total. The van der Waals surface area contributed by atoms with Crippen LogP contribution in [0.25, 0.3) is 0 Å². The molecule has 0 bridgehead atoms. The molecule has 0 amide bonds. The van der Waals surface area contributed by atoms with Crippen LogP contribution in [0.3, 0.4) is 0 Å². The van der Waals surface area contributed by atoms with Crippen molar-refractivity contribution in [2.75, 3.05) is 11.9 Å². The summed E-state index contributed by atoms with van der Waals surface area (Å²) in [5.74, 6) is 1.01. The van der Waals surface area contributed by atoms with Gasteiger partial charge in [-0.05, 0) is 25.0 Å². The third-order valence-corrected chi connectivity index (χ3v) is 4.03. The first-order valence-electron chi connectivity index (χ1n) is 7.60. The maximum atomic E-state index is 4.45. The van der Waals surface area contributed by atoms with Crippen LogP contribution >= 0.6 is 0 Å². The summed E-state index contributed by atoms with van der Waals surface area (Å²) in [4.78, 5) is 8.80. The Morgan fingerprint density at radius 1 is 1.10 bits per heavy atom. The molecule has 1 aliphatic rings. The van der Waals surface area contributed by atoms with Gasteiger partial charge in [0.05, 0.1) is 0 Å². The molecule has 0 aliphatic heterocycles. The lowest BCUT2D eigenvalue weighted by Gasteiger charge is -2.24. The van der Waals surface area contributed by atoms with Crippen molar-refractivity contribution < 1.29 is 0 Å². The number of rotatable bonds is 5. The van der Waals surface area contributed by atoms with Gasteiger partial charge in [0.25, 0.3) is 0 Å². The molecule has 0 spiro atoms. The van der Waals surface area contributed by atoms with Crippen molar-refractivity contribution in [3.05, 3.63) is 42.5 Å². The molecule has 1 aliphatic carbocycles. The first-order chi connectivity index (χ1) is 9.93. The van der Waals surface area contributed by atoms with E-state index in [2.05, 4.69) is 32.1 Å². The number of nitrogens with one attached hydrogen (secondary N) is 1. The van der Waals surface area contributed by atoms with E-state index in [1.165, 1.54) is 32.1 Å². The summed E-state index contributed by atoms with van der Waals surface area (Å²) in [6.07, 6.45) is 13.4. The van der Waals surface area contributed by atoms with E-state index >= 15 is 0 Å². The summed E-state index contributed by atoms with van der Waals surface area (Å²) in [5.41, 5.74) is 1.12. The topological polar surface area (TPSA) is 42.7 Å². The molecule has 106 valence electrons. The molecule has 3 rings (SSSR count). The average molecular weight is 270 g/mol. The minimum Gasteiger partial charge on any atom is -0.355 e. The lowest BCUT2D eigenvalue weighted by atomic mass is 9.95. The van der Waals surface area contributed by atoms with Crippen molar-refractivity contribution in [3.63, 3.8) is 0 Å². The van der Waals surface area contributed by atoms with E-state index < -0.39 is 0 Å². The zero-order valence-corrected chi connectivity index (χ0v) is 11.8. The van der Waals surface area contributed by atoms with Crippen molar-refractivity contribution >= 4 is 5.95 Å². The SMILES string of the molecule is c1ccc(CCNc2nccn2C2CCCCC2)nc1. The number of hydrogen-bond donors (Lipinski definition) is 1. The molecule has 0 aromatic carbocycles. The quantitative estimate of drug-likeness (QED) is 0.905. The van der Waals surface area contributed by atoms with E-state index in [4.69, 9.17) is 0 Å². The minimum atomic E-state index is 0.628. The van der Waals surface area contributed by atoms with Gasteiger partial charge in [0.15, 0.2) is 0 Å². The van der Waals surface area contributed by atoms with Crippen LogP contribution in [0, 0.1) is 0 Å². The van der Waals surface area contributed by atoms with Gasteiger partial charge in [-0.3, -0.25) is 4.98 Å². The molecule has 1 saturated carbocycles. The number of imidazole rings is 1.